The summed E-state index contributed by atoms with van der Waals surface area (Å²) in [6, 6.07) is 7.44. The summed E-state index contributed by atoms with van der Waals surface area (Å²) in [5.74, 6) is -0.155. The van der Waals surface area contributed by atoms with Gasteiger partial charge in [-0.2, -0.15) is 0 Å². The Morgan fingerprint density at radius 3 is 3.00 bits per heavy atom. The maximum Gasteiger partial charge on any atom is 0.374 e. The molecule has 0 amide bonds. The maximum absolute atomic E-state index is 11.4. The Morgan fingerprint density at radius 2 is 2.27 bits per heavy atom. The Morgan fingerprint density at radius 1 is 1.47 bits per heavy atom. The van der Waals surface area contributed by atoms with Gasteiger partial charge >= 0.3 is 5.97 Å². The lowest BCUT2D eigenvalue weighted by atomic mass is 10.2. The summed E-state index contributed by atoms with van der Waals surface area (Å²) in [6.45, 7) is 2.12. The molecule has 1 aromatic heterocycles. The molecule has 4 heteroatoms. The molecule has 0 saturated carbocycles. The minimum atomic E-state index is -0.413. The zero-order valence-corrected chi connectivity index (χ0v) is 10.3. The van der Waals surface area contributed by atoms with Crippen molar-refractivity contribution in [2.24, 2.45) is 0 Å². The summed E-state index contributed by atoms with van der Waals surface area (Å²) in [7, 11) is 0. The van der Waals surface area contributed by atoms with Gasteiger partial charge in [-0.15, -0.1) is 0 Å². The predicted molar refractivity (Wildman–Crippen MR) is 64.9 cm³/mol. The van der Waals surface area contributed by atoms with E-state index in [4.69, 9.17) is 9.15 Å². The summed E-state index contributed by atoms with van der Waals surface area (Å²) in [6.07, 6.45) is 0. The van der Waals surface area contributed by atoms with Gasteiger partial charge in [0.15, 0.2) is 0 Å². The number of benzene rings is 1. The summed E-state index contributed by atoms with van der Waals surface area (Å²) in [5, 5.41) is 0.921. The van der Waals surface area contributed by atoms with Crippen molar-refractivity contribution in [3.05, 3.63) is 33.6 Å². The summed E-state index contributed by atoms with van der Waals surface area (Å²) >= 11 is 2.21. The third-order valence-electron chi connectivity index (χ3n) is 1.95. The molecule has 0 radical (unpaired) electrons. The maximum atomic E-state index is 11.4. The molecular formula is C11H9IO3. The van der Waals surface area contributed by atoms with Gasteiger partial charge in [0.1, 0.15) is 5.58 Å². The smallest absolute Gasteiger partial charge is 0.374 e. The Hall–Kier alpha value is -1.04. The minimum Gasteiger partial charge on any atom is -0.460 e. The van der Waals surface area contributed by atoms with Gasteiger partial charge in [-0.05, 0) is 53.8 Å². The first kappa shape index (κ1) is 10.5. The quantitative estimate of drug-likeness (QED) is 0.631. The monoisotopic (exact) mass is 316 g/mol. The number of rotatable bonds is 2. The molecule has 0 spiro atoms. The van der Waals surface area contributed by atoms with E-state index < -0.39 is 5.97 Å². The van der Waals surface area contributed by atoms with Crippen LogP contribution in [0.15, 0.2) is 28.7 Å². The van der Waals surface area contributed by atoms with Crippen molar-refractivity contribution in [2.75, 3.05) is 6.61 Å². The highest BCUT2D eigenvalue weighted by Gasteiger charge is 2.12. The molecule has 1 heterocycles. The second kappa shape index (κ2) is 4.22. The number of fused-ring (bicyclic) bond motifs is 1. The number of esters is 1. The number of carbonyl (C=O) groups is 1. The minimum absolute atomic E-state index is 0.258. The van der Waals surface area contributed by atoms with E-state index >= 15 is 0 Å². The number of carbonyl (C=O) groups excluding carboxylic acids is 1. The first-order chi connectivity index (χ1) is 7.20. The van der Waals surface area contributed by atoms with Gasteiger partial charge < -0.3 is 9.15 Å². The van der Waals surface area contributed by atoms with E-state index in [2.05, 4.69) is 22.6 Å². The van der Waals surface area contributed by atoms with Gasteiger partial charge in [0, 0.05) is 8.96 Å². The second-order valence-corrected chi connectivity index (χ2v) is 4.26. The number of hydrogen-bond acceptors (Lipinski definition) is 3. The van der Waals surface area contributed by atoms with E-state index in [9.17, 15) is 4.79 Å². The van der Waals surface area contributed by atoms with Crippen LogP contribution in [-0.4, -0.2) is 12.6 Å². The Labute approximate surface area is 101 Å². The SMILES string of the molecule is CCOC(=O)c1cc2cc(I)ccc2o1. The van der Waals surface area contributed by atoms with Crippen molar-refractivity contribution in [3.8, 4) is 0 Å². The Bertz CT molecular complexity index is 502. The molecular weight excluding hydrogens is 307 g/mol. The number of hydrogen-bond donors (Lipinski definition) is 0. The highest BCUT2D eigenvalue weighted by atomic mass is 127. The Kier molecular flexibility index (Phi) is 2.95. The third kappa shape index (κ3) is 2.14. The summed E-state index contributed by atoms with van der Waals surface area (Å²) < 4.78 is 11.3. The van der Waals surface area contributed by atoms with Crippen molar-refractivity contribution < 1.29 is 13.9 Å². The normalized spacial score (nSPS) is 10.5. The van der Waals surface area contributed by atoms with Crippen LogP contribution in [-0.2, 0) is 4.74 Å². The van der Waals surface area contributed by atoms with Gasteiger partial charge in [0.2, 0.25) is 5.76 Å². The van der Waals surface area contributed by atoms with Gasteiger partial charge in [-0.1, -0.05) is 0 Å². The number of ether oxygens (including phenoxy) is 1. The first-order valence-corrected chi connectivity index (χ1v) is 5.65. The van der Waals surface area contributed by atoms with Gasteiger partial charge in [-0.3, -0.25) is 0 Å². The fourth-order valence-corrected chi connectivity index (χ4v) is 1.83. The van der Waals surface area contributed by atoms with E-state index in [-0.39, 0.29) is 5.76 Å². The average molecular weight is 316 g/mol. The van der Waals surface area contributed by atoms with E-state index in [1.54, 1.807) is 13.0 Å². The average Bonchev–Trinajstić information content (AvgIpc) is 2.60. The molecule has 0 bridgehead atoms. The van der Waals surface area contributed by atoms with Crippen LogP contribution >= 0.6 is 22.6 Å². The molecule has 15 heavy (non-hydrogen) atoms. The van der Waals surface area contributed by atoms with Crippen LogP contribution in [0, 0.1) is 3.57 Å². The molecule has 2 aromatic rings. The molecule has 78 valence electrons. The van der Waals surface area contributed by atoms with Crippen LogP contribution in [0.1, 0.15) is 17.5 Å². The summed E-state index contributed by atoms with van der Waals surface area (Å²) in [4.78, 5) is 11.4. The fourth-order valence-electron chi connectivity index (χ4n) is 1.32. The van der Waals surface area contributed by atoms with Gasteiger partial charge in [0.25, 0.3) is 0 Å². The number of furan rings is 1. The van der Waals surface area contributed by atoms with Crippen molar-refractivity contribution in [2.45, 2.75) is 6.92 Å². The van der Waals surface area contributed by atoms with Crippen molar-refractivity contribution in [1.82, 2.24) is 0 Å². The van der Waals surface area contributed by atoms with Crippen LogP contribution in [0.5, 0.6) is 0 Å². The lowest BCUT2D eigenvalue weighted by molar-refractivity contribution is 0.0492. The second-order valence-electron chi connectivity index (χ2n) is 3.01. The molecule has 3 nitrogen and oxygen atoms in total. The molecule has 0 fully saturated rings. The van der Waals surface area contributed by atoms with Crippen LogP contribution in [0.3, 0.4) is 0 Å². The largest absolute Gasteiger partial charge is 0.460 e. The van der Waals surface area contributed by atoms with Crippen molar-refractivity contribution >= 4 is 39.5 Å². The highest BCUT2D eigenvalue weighted by molar-refractivity contribution is 14.1. The third-order valence-corrected chi connectivity index (χ3v) is 2.63. The highest BCUT2D eigenvalue weighted by Crippen LogP contribution is 2.22. The van der Waals surface area contributed by atoms with Crippen LogP contribution < -0.4 is 0 Å². The molecule has 0 saturated heterocycles. The fraction of sp³-hybridized carbons (Fsp3) is 0.182. The zero-order chi connectivity index (χ0) is 10.8. The lowest BCUT2D eigenvalue weighted by Gasteiger charge is -1.95. The van der Waals surface area contributed by atoms with Gasteiger partial charge in [-0.25, -0.2) is 4.79 Å². The number of halogens is 1. The standard InChI is InChI=1S/C11H9IO3/c1-2-14-11(13)10-6-7-5-8(12)3-4-9(7)15-10/h3-6H,2H2,1H3. The molecule has 0 aliphatic rings. The molecule has 0 N–H and O–H groups in total. The predicted octanol–water partition coefficient (Wildman–Crippen LogP) is 3.21. The van der Waals surface area contributed by atoms with E-state index in [1.165, 1.54) is 0 Å². The topological polar surface area (TPSA) is 39.4 Å². The molecule has 0 unspecified atom stereocenters. The zero-order valence-electron chi connectivity index (χ0n) is 8.12. The van der Waals surface area contributed by atoms with Crippen LogP contribution in [0.2, 0.25) is 0 Å². The van der Waals surface area contributed by atoms with Crippen molar-refractivity contribution in [3.63, 3.8) is 0 Å². The van der Waals surface area contributed by atoms with Gasteiger partial charge in [0.05, 0.1) is 6.61 Å². The Balaban J connectivity index is 2.42. The molecule has 0 aliphatic carbocycles. The van der Waals surface area contributed by atoms with E-state index in [1.807, 2.05) is 18.2 Å². The molecule has 2 rings (SSSR count). The first-order valence-electron chi connectivity index (χ1n) is 4.57. The van der Waals surface area contributed by atoms with E-state index in [0.29, 0.717) is 12.2 Å². The molecule has 0 atom stereocenters. The van der Waals surface area contributed by atoms with Crippen LogP contribution in [0.4, 0.5) is 0 Å². The van der Waals surface area contributed by atoms with Crippen molar-refractivity contribution in [1.29, 1.82) is 0 Å². The molecule has 0 aliphatic heterocycles. The summed E-state index contributed by atoms with van der Waals surface area (Å²) in [5.41, 5.74) is 0.707. The molecule has 1 aromatic carbocycles. The van der Waals surface area contributed by atoms with E-state index in [0.717, 1.165) is 8.96 Å². The lowest BCUT2D eigenvalue weighted by Crippen LogP contribution is -2.02. The van der Waals surface area contributed by atoms with Crippen LogP contribution in [0.25, 0.3) is 11.0 Å².